The van der Waals surface area contributed by atoms with Gasteiger partial charge in [0.25, 0.3) is 10.0 Å². The van der Waals surface area contributed by atoms with Crippen LogP contribution in [-0.4, -0.2) is 20.2 Å². The second-order valence-electron chi connectivity index (χ2n) is 7.22. The van der Waals surface area contributed by atoms with E-state index in [1.165, 1.54) is 11.0 Å². The van der Waals surface area contributed by atoms with Gasteiger partial charge >= 0.3 is 0 Å². The maximum Gasteiger partial charge on any atom is 0.271 e. The second-order valence-corrected chi connectivity index (χ2v) is 10.1. The Hall–Kier alpha value is -3.69. The van der Waals surface area contributed by atoms with E-state index in [1.54, 1.807) is 41.8 Å². The number of carbonyl (C=O) groups is 2. The van der Waals surface area contributed by atoms with Crippen LogP contribution in [0.15, 0.2) is 82.4 Å². The lowest BCUT2D eigenvalue weighted by Gasteiger charge is -2.23. The van der Waals surface area contributed by atoms with Crippen LogP contribution in [-0.2, 0) is 19.6 Å². The molecule has 0 unspecified atom stereocenters. The van der Waals surface area contributed by atoms with Gasteiger partial charge in [0.1, 0.15) is 10.6 Å². The van der Waals surface area contributed by atoms with E-state index in [-0.39, 0.29) is 22.4 Å². The lowest BCUT2D eigenvalue weighted by atomic mass is 10.1. The Bertz CT molecular complexity index is 1450. The lowest BCUT2D eigenvalue weighted by molar-refractivity contribution is -0.124. The highest BCUT2D eigenvalue weighted by Crippen LogP contribution is 2.40. The maximum atomic E-state index is 12.9. The Morgan fingerprint density at radius 3 is 2.44 bits per heavy atom. The van der Waals surface area contributed by atoms with Crippen molar-refractivity contribution >= 4 is 66.7 Å². The van der Waals surface area contributed by atoms with E-state index >= 15 is 0 Å². The zero-order valence-electron chi connectivity index (χ0n) is 16.6. The number of nitrogens with one attached hydrogen (secondary N) is 2. The van der Waals surface area contributed by atoms with E-state index in [0.717, 1.165) is 22.1 Å². The fourth-order valence-corrected chi connectivity index (χ4v) is 5.75. The second kappa shape index (κ2) is 7.77. The molecule has 2 heterocycles. The first-order chi connectivity index (χ1) is 15.4. The molecule has 2 amide bonds. The summed E-state index contributed by atoms with van der Waals surface area (Å²) in [6, 6.07) is 21.0. The largest absolute Gasteiger partial charge is 0.323 e. The van der Waals surface area contributed by atoms with Crippen LogP contribution in [0.1, 0.15) is 6.42 Å². The standard InChI is InChI=1S/C23H17N3O4S2/c27-20-14-21(28)26(19-12-7-15-4-1-2-5-18(15)23(19)24-20)17-10-8-16(9-11-17)25-32(29,30)22-6-3-13-31-22/h1-13,25H,14H2,(H,24,27). The van der Waals surface area contributed by atoms with Gasteiger partial charge in [-0.1, -0.05) is 36.4 Å². The Labute approximate surface area is 188 Å². The van der Waals surface area contributed by atoms with E-state index in [4.69, 9.17) is 0 Å². The molecule has 0 saturated carbocycles. The molecule has 0 saturated heterocycles. The normalized spacial score (nSPS) is 14.1. The molecule has 2 N–H and O–H groups in total. The van der Waals surface area contributed by atoms with Crippen molar-refractivity contribution in [2.45, 2.75) is 10.6 Å². The fraction of sp³-hybridized carbons (Fsp3) is 0.0435. The zero-order valence-corrected chi connectivity index (χ0v) is 18.2. The average molecular weight is 464 g/mol. The number of thiophene rings is 1. The van der Waals surface area contributed by atoms with E-state index < -0.39 is 10.0 Å². The number of nitrogens with zero attached hydrogens (tertiary/aromatic N) is 1. The summed E-state index contributed by atoms with van der Waals surface area (Å²) in [6.07, 6.45) is -0.296. The van der Waals surface area contributed by atoms with Gasteiger partial charge in [0, 0.05) is 16.8 Å². The van der Waals surface area contributed by atoms with Gasteiger partial charge < -0.3 is 5.32 Å². The summed E-state index contributed by atoms with van der Waals surface area (Å²) in [5.41, 5.74) is 2.03. The summed E-state index contributed by atoms with van der Waals surface area (Å²) < 4.78 is 27.7. The van der Waals surface area contributed by atoms with Crippen LogP contribution in [0.4, 0.5) is 22.7 Å². The van der Waals surface area contributed by atoms with Crippen molar-refractivity contribution < 1.29 is 18.0 Å². The Balaban J connectivity index is 1.54. The average Bonchev–Trinajstić information content (AvgIpc) is 3.28. The first-order valence-electron chi connectivity index (χ1n) is 9.73. The number of amides is 2. The number of hydrogen-bond acceptors (Lipinski definition) is 5. The molecule has 5 rings (SSSR count). The smallest absolute Gasteiger partial charge is 0.271 e. The van der Waals surface area contributed by atoms with Crippen molar-refractivity contribution in [2.75, 3.05) is 14.9 Å². The van der Waals surface area contributed by atoms with Crippen LogP contribution < -0.4 is 14.9 Å². The van der Waals surface area contributed by atoms with E-state index in [9.17, 15) is 18.0 Å². The molecule has 160 valence electrons. The van der Waals surface area contributed by atoms with Crippen molar-refractivity contribution in [1.29, 1.82) is 0 Å². The molecule has 32 heavy (non-hydrogen) atoms. The van der Waals surface area contributed by atoms with Gasteiger partial charge in [-0.2, -0.15) is 0 Å². The third kappa shape index (κ3) is 3.61. The molecular weight excluding hydrogens is 446 g/mol. The highest BCUT2D eigenvalue weighted by molar-refractivity contribution is 7.94. The first kappa shape index (κ1) is 20.2. The van der Waals surface area contributed by atoms with Crippen LogP contribution in [0.3, 0.4) is 0 Å². The predicted octanol–water partition coefficient (Wildman–Crippen LogP) is 4.71. The molecular formula is C23H17N3O4S2. The molecule has 0 aliphatic carbocycles. The molecule has 7 nitrogen and oxygen atoms in total. The highest BCUT2D eigenvalue weighted by Gasteiger charge is 2.28. The molecule has 1 aromatic heterocycles. The summed E-state index contributed by atoms with van der Waals surface area (Å²) in [7, 11) is -3.67. The monoisotopic (exact) mass is 463 g/mol. The molecule has 0 fully saturated rings. The number of benzene rings is 3. The molecule has 1 aliphatic heterocycles. The van der Waals surface area contributed by atoms with Gasteiger partial charge in [-0.25, -0.2) is 8.42 Å². The first-order valence-corrected chi connectivity index (χ1v) is 12.1. The van der Waals surface area contributed by atoms with Crippen LogP contribution in [0.25, 0.3) is 10.8 Å². The number of sulfonamides is 1. The SMILES string of the molecule is O=C1CC(=O)N(c2ccc(NS(=O)(=O)c3cccs3)cc2)c2ccc3ccccc3c2N1. The van der Waals surface area contributed by atoms with Gasteiger partial charge in [0.05, 0.1) is 11.4 Å². The van der Waals surface area contributed by atoms with Gasteiger partial charge in [0.2, 0.25) is 11.8 Å². The van der Waals surface area contributed by atoms with Crippen LogP contribution in [0.5, 0.6) is 0 Å². The van der Waals surface area contributed by atoms with Gasteiger partial charge in [0.15, 0.2) is 0 Å². The maximum absolute atomic E-state index is 12.9. The molecule has 0 spiro atoms. The third-order valence-corrected chi connectivity index (χ3v) is 7.89. The third-order valence-electron chi connectivity index (χ3n) is 5.11. The summed E-state index contributed by atoms with van der Waals surface area (Å²) in [6.45, 7) is 0. The van der Waals surface area contributed by atoms with E-state index in [0.29, 0.717) is 22.7 Å². The van der Waals surface area contributed by atoms with Crippen molar-refractivity contribution in [3.8, 4) is 0 Å². The van der Waals surface area contributed by atoms with Crippen LogP contribution in [0, 0.1) is 0 Å². The number of rotatable bonds is 4. The number of carbonyl (C=O) groups excluding carboxylic acids is 2. The van der Waals surface area contributed by atoms with E-state index in [2.05, 4.69) is 10.0 Å². The molecule has 0 radical (unpaired) electrons. The molecule has 9 heteroatoms. The lowest BCUT2D eigenvalue weighted by Crippen LogP contribution is -2.26. The highest BCUT2D eigenvalue weighted by atomic mass is 32.2. The van der Waals surface area contributed by atoms with Gasteiger partial charge in [-0.05, 0) is 47.2 Å². The van der Waals surface area contributed by atoms with Gasteiger partial charge in [-0.15, -0.1) is 11.3 Å². The van der Waals surface area contributed by atoms with Crippen LogP contribution in [0.2, 0.25) is 0 Å². The molecule has 0 atom stereocenters. The summed E-state index contributed by atoms with van der Waals surface area (Å²) in [5.74, 6) is -0.751. The number of hydrogen-bond donors (Lipinski definition) is 2. The molecule has 1 aliphatic rings. The fourth-order valence-electron chi connectivity index (χ4n) is 3.70. The van der Waals surface area contributed by atoms with Gasteiger partial charge in [-0.3, -0.25) is 19.2 Å². The minimum atomic E-state index is -3.67. The van der Waals surface area contributed by atoms with Crippen molar-refractivity contribution in [3.05, 3.63) is 78.2 Å². The van der Waals surface area contributed by atoms with Crippen LogP contribution >= 0.6 is 11.3 Å². The van der Waals surface area contributed by atoms with Crippen molar-refractivity contribution in [3.63, 3.8) is 0 Å². The Kier molecular flexibility index (Phi) is 4.91. The molecule has 3 aromatic carbocycles. The van der Waals surface area contributed by atoms with Crippen molar-refractivity contribution in [1.82, 2.24) is 0 Å². The summed E-state index contributed by atoms with van der Waals surface area (Å²) in [5, 5.41) is 6.33. The predicted molar refractivity (Wildman–Crippen MR) is 126 cm³/mol. The number of fused-ring (bicyclic) bond motifs is 3. The van der Waals surface area contributed by atoms with E-state index in [1.807, 2.05) is 30.3 Å². The zero-order chi connectivity index (χ0) is 22.3. The quantitative estimate of drug-likeness (QED) is 0.429. The molecule has 0 bridgehead atoms. The van der Waals surface area contributed by atoms with Crippen molar-refractivity contribution in [2.24, 2.45) is 0 Å². The summed E-state index contributed by atoms with van der Waals surface area (Å²) in [4.78, 5) is 26.8. The summed E-state index contributed by atoms with van der Waals surface area (Å²) >= 11 is 1.13. The number of anilines is 4. The minimum absolute atomic E-state index is 0.217. The minimum Gasteiger partial charge on any atom is -0.323 e. The Morgan fingerprint density at radius 1 is 0.906 bits per heavy atom. The Morgan fingerprint density at radius 2 is 1.69 bits per heavy atom. The molecule has 4 aromatic rings. The topological polar surface area (TPSA) is 95.6 Å².